The van der Waals surface area contributed by atoms with E-state index in [-0.39, 0.29) is 30.2 Å². The first kappa shape index (κ1) is 22.4. The minimum atomic E-state index is -0.567. The molecular formula is C31H26O5. The quantitative estimate of drug-likeness (QED) is 0.208. The van der Waals surface area contributed by atoms with E-state index in [9.17, 15) is 14.7 Å². The van der Waals surface area contributed by atoms with Crippen LogP contribution < -0.4 is 4.74 Å². The molecule has 1 N–H and O–H groups in total. The van der Waals surface area contributed by atoms with Gasteiger partial charge in [0.1, 0.15) is 11.5 Å². The van der Waals surface area contributed by atoms with E-state index in [0.717, 1.165) is 39.1 Å². The van der Waals surface area contributed by atoms with E-state index in [1.54, 1.807) is 19.1 Å². The van der Waals surface area contributed by atoms with E-state index in [1.165, 1.54) is 0 Å². The number of esters is 2. The maximum atomic E-state index is 13.6. The van der Waals surface area contributed by atoms with Gasteiger partial charge in [-0.25, -0.2) is 0 Å². The van der Waals surface area contributed by atoms with Crippen LogP contribution in [0.1, 0.15) is 13.3 Å². The zero-order valence-electron chi connectivity index (χ0n) is 19.9. The van der Waals surface area contributed by atoms with Crippen molar-refractivity contribution in [3.05, 3.63) is 84.9 Å². The van der Waals surface area contributed by atoms with E-state index in [1.807, 2.05) is 72.8 Å². The predicted molar refractivity (Wildman–Crippen MR) is 139 cm³/mol. The van der Waals surface area contributed by atoms with Crippen LogP contribution >= 0.6 is 0 Å². The van der Waals surface area contributed by atoms with Gasteiger partial charge in [0, 0.05) is 10.8 Å². The fourth-order valence-electron chi connectivity index (χ4n) is 6.04. The van der Waals surface area contributed by atoms with Crippen molar-refractivity contribution < 1.29 is 24.2 Å². The number of ether oxygens (including phenoxy) is 2. The van der Waals surface area contributed by atoms with E-state index in [2.05, 4.69) is 0 Å². The van der Waals surface area contributed by atoms with Crippen LogP contribution in [-0.4, -0.2) is 23.7 Å². The van der Waals surface area contributed by atoms with Gasteiger partial charge in [-0.2, -0.15) is 0 Å². The third kappa shape index (κ3) is 3.54. The van der Waals surface area contributed by atoms with Crippen molar-refractivity contribution in [3.63, 3.8) is 0 Å². The Morgan fingerprint density at radius 1 is 0.778 bits per heavy atom. The van der Waals surface area contributed by atoms with Gasteiger partial charge in [-0.15, -0.1) is 0 Å². The van der Waals surface area contributed by atoms with Crippen LogP contribution in [0.5, 0.6) is 11.5 Å². The zero-order valence-corrected chi connectivity index (χ0v) is 19.9. The van der Waals surface area contributed by atoms with Gasteiger partial charge in [0.05, 0.1) is 18.4 Å². The summed E-state index contributed by atoms with van der Waals surface area (Å²) in [6, 6.07) is 22.9. The number of hydrogen-bond donors (Lipinski definition) is 1. The van der Waals surface area contributed by atoms with Crippen molar-refractivity contribution in [1.29, 1.82) is 0 Å². The van der Waals surface area contributed by atoms with Crippen LogP contribution in [0.4, 0.5) is 0 Å². The van der Waals surface area contributed by atoms with Gasteiger partial charge < -0.3 is 14.6 Å². The molecule has 0 unspecified atom stereocenters. The molecule has 6 rings (SSSR count). The van der Waals surface area contributed by atoms with Crippen molar-refractivity contribution in [3.8, 4) is 22.6 Å². The second-order valence-corrected chi connectivity index (χ2v) is 9.51. The monoisotopic (exact) mass is 478 g/mol. The number of fused-ring (bicyclic) bond motifs is 4. The average molecular weight is 479 g/mol. The number of benzene rings is 4. The van der Waals surface area contributed by atoms with Crippen molar-refractivity contribution in [2.75, 3.05) is 6.61 Å². The molecule has 0 spiro atoms. The Labute approximate surface area is 209 Å². The minimum absolute atomic E-state index is 0.00772. The number of hydrogen-bond acceptors (Lipinski definition) is 5. The number of carbonyl (C=O) groups is 2. The maximum absolute atomic E-state index is 13.6. The molecule has 5 heteroatoms. The summed E-state index contributed by atoms with van der Waals surface area (Å²) in [5.74, 6) is -1.21. The number of phenolic OH excluding ortho intramolecular Hbond substituents is 1. The van der Waals surface area contributed by atoms with Crippen LogP contribution in [0.2, 0.25) is 0 Å². The molecule has 1 saturated carbocycles. The Hall–Kier alpha value is -4.12. The third-order valence-electron chi connectivity index (χ3n) is 7.54. The van der Waals surface area contributed by atoms with Gasteiger partial charge in [-0.05, 0) is 59.2 Å². The van der Waals surface area contributed by atoms with Gasteiger partial charge in [0.2, 0.25) is 0 Å². The molecule has 0 aliphatic heterocycles. The average Bonchev–Trinajstić information content (AvgIpc) is 3.51. The third-order valence-corrected chi connectivity index (χ3v) is 7.54. The molecule has 5 nitrogen and oxygen atoms in total. The molecule has 2 aliphatic carbocycles. The Bertz CT molecular complexity index is 1520. The molecule has 36 heavy (non-hydrogen) atoms. The summed E-state index contributed by atoms with van der Waals surface area (Å²) in [5.41, 5.74) is 1.71. The number of carbonyl (C=O) groups excluding carboxylic acids is 2. The molecule has 180 valence electrons. The highest BCUT2D eigenvalue weighted by Gasteiger charge is 2.53. The van der Waals surface area contributed by atoms with Crippen LogP contribution in [0.25, 0.3) is 32.7 Å². The molecule has 4 aromatic carbocycles. The normalized spacial score (nSPS) is 22.2. The van der Waals surface area contributed by atoms with Gasteiger partial charge >= 0.3 is 11.9 Å². The Morgan fingerprint density at radius 3 is 2.00 bits per heavy atom. The second kappa shape index (κ2) is 8.83. The summed E-state index contributed by atoms with van der Waals surface area (Å²) in [6.07, 6.45) is 4.82. The zero-order chi connectivity index (χ0) is 24.8. The summed E-state index contributed by atoms with van der Waals surface area (Å²) < 4.78 is 11.4. The molecular weight excluding hydrogens is 452 g/mol. The highest BCUT2D eigenvalue weighted by Crippen LogP contribution is 2.49. The molecule has 2 aliphatic rings. The highest BCUT2D eigenvalue weighted by atomic mass is 16.5. The lowest BCUT2D eigenvalue weighted by molar-refractivity contribution is -0.156. The lowest BCUT2D eigenvalue weighted by Gasteiger charge is -2.25. The standard InChI is InChI=1S/C31H26O5/c1-2-35-30(33)28-20-15-16-21(17-20)29(28)31(34)36-25-14-6-10-19-8-4-12-23(27(19)25)22-11-3-7-18-9-5-13-24(32)26(18)22/h3-16,20-21,28-29,32H,2,17H2,1H3/t20-,21+,28+,29+/m0/s1. The summed E-state index contributed by atoms with van der Waals surface area (Å²) in [7, 11) is 0. The lowest BCUT2D eigenvalue weighted by atomic mass is 9.83. The smallest absolute Gasteiger partial charge is 0.315 e. The fourth-order valence-corrected chi connectivity index (χ4v) is 6.04. The van der Waals surface area contributed by atoms with Gasteiger partial charge in [0.15, 0.2) is 0 Å². The first-order valence-electron chi connectivity index (χ1n) is 12.4. The van der Waals surface area contributed by atoms with Crippen LogP contribution in [0, 0.1) is 23.7 Å². The van der Waals surface area contributed by atoms with Crippen molar-refractivity contribution >= 4 is 33.5 Å². The van der Waals surface area contributed by atoms with Crippen molar-refractivity contribution in [2.24, 2.45) is 23.7 Å². The Kier molecular flexibility index (Phi) is 5.48. The molecule has 0 aromatic heterocycles. The number of phenols is 1. The summed E-state index contributed by atoms with van der Waals surface area (Å²) in [5, 5.41) is 14.1. The summed E-state index contributed by atoms with van der Waals surface area (Å²) in [6.45, 7) is 2.06. The van der Waals surface area contributed by atoms with Crippen molar-refractivity contribution in [1.82, 2.24) is 0 Å². The topological polar surface area (TPSA) is 72.8 Å². The first-order chi connectivity index (χ1) is 17.6. The SMILES string of the molecule is CCOC(=O)[C@H]1[C@H](C(=O)Oc2cccc3cccc(-c4cccc5cccc(O)c45)c23)[C@@H]2C=C[C@H]1C2. The Balaban J connectivity index is 1.44. The second-order valence-electron chi connectivity index (χ2n) is 9.51. The summed E-state index contributed by atoms with van der Waals surface area (Å²) in [4.78, 5) is 26.3. The van der Waals surface area contributed by atoms with Crippen molar-refractivity contribution in [2.45, 2.75) is 13.3 Å². The van der Waals surface area contributed by atoms with Crippen LogP contribution in [-0.2, 0) is 14.3 Å². The van der Waals surface area contributed by atoms with Gasteiger partial charge in [-0.3, -0.25) is 9.59 Å². The van der Waals surface area contributed by atoms with Crippen LogP contribution in [0.15, 0.2) is 84.9 Å². The van der Waals surface area contributed by atoms with E-state index < -0.39 is 17.8 Å². The predicted octanol–water partition coefficient (Wildman–Crippen LogP) is 6.27. The molecule has 2 bridgehead atoms. The number of aromatic hydroxyl groups is 1. The highest BCUT2D eigenvalue weighted by molar-refractivity contribution is 6.09. The van der Waals surface area contributed by atoms with E-state index >= 15 is 0 Å². The van der Waals surface area contributed by atoms with Gasteiger partial charge in [0.25, 0.3) is 0 Å². The fraction of sp³-hybridized carbons (Fsp3) is 0.226. The Morgan fingerprint density at radius 2 is 1.33 bits per heavy atom. The molecule has 4 atom stereocenters. The van der Waals surface area contributed by atoms with Crippen LogP contribution in [0.3, 0.4) is 0 Å². The summed E-state index contributed by atoms with van der Waals surface area (Å²) >= 11 is 0. The molecule has 0 saturated heterocycles. The molecule has 0 radical (unpaired) electrons. The maximum Gasteiger partial charge on any atom is 0.315 e. The minimum Gasteiger partial charge on any atom is -0.507 e. The molecule has 1 fully saturated rings. The van der Waals surface area contributed by atoms with Gasteiger partial charge in [-0.1, -0.05) is 72.8 Å². The first-order valence-corrected chi connectivity index (χ1v) is 12.4. The lowest BCUT2D eigenvalue weighted by Crippen LogP contribution is -2.36. The molecule has 0 amide bonds. The van der Waals surface area contributed by atoms with E-state index in [0.29, 0.717) is 5.75 Å². The van der Waals surface area contributed by atoms with E-state index in [4.69, 9.17) is 9.47 Å². The largest absolute Gasteiger partial charge is 0.507 e. The molecule has 0 heterocycles. The number of rotatable bonds is 5. The number of allylic oxidation sites excluding steroid dienone is 2. The molecule has 4 aromatic rings.